The number of carboxylic acids is 1. The van der Waals surface area contributed by atoms with E-state index in [2.05, 4.69) is 26.0 Å². The quantitative estimate of drug-likeness (QED) is 0.376. The first-order valence-corrected chi connectivity index (χ1v) is 11.7. The van der Waals surface area contributed by atoms with Crippen LogP contribution in [0.5, 0.6) is 0 Å². The van der Waals surface area contributed by atoms with Gasteiger partial charge in [0.1, 0.15) is 5.82 Å². The van der Waals surface area contributed by atoms with Crippen molar-refractivity contribution in [1.82, 2.24) is 19.6 Å². The molecule has 0 amide bonds. The van der Waals surface area contributed by atoms with Gasteiger partial charge in [0, 0.05) is 28.8 Å². The molecule has 33 heavy (non-hydrogen) atoms. The number of aromatic nitrogens is 4. The van der Waals surface area contributed by atoms with E-state index in [-0.39, 0.29) is 5.92 Å². The van der Waals surface area contributed by atoms with E-state index in [0.717, 1.165) is 45.4 Å². The molecule has 3 N–H and O–H groups in total. The minimum atomic E-state index is -0.729. The summed E-state index contributed by atoms with van der Waals surface area (Å²) in [5, 5.41) is 14.0. The minimum absolute atomic E-state index is 0.139. The van der Waals surface area contributed by atoms with E-state index in [1.807, 2.05) is 55.6 Å². The number of nitrogens with two attached hydrogens (primary N) is 1. The van der Waals surface area contributed by atoms with Gasteiger partial charge in [-0.05, 0) is 54.6 Å². The number of rotatable bonds is 4. The van der Waals surface area contributed by atoms with Gasteiger partial charge in [0.25, 0.3) is 0 Å². The topological polar surface area (TPSA) is 106 Å². The van der Waals surface area contributed by atoms with Crippen molar-refractivity contribution in [3.8, 4) is 22.4 Å². The predicted molar refractivity (Wildman–Crippen MR) is 131 cm³/mol. The second-order valence-corrected chi connectivity index (χ2v) is 9.72. The molecule has 4 aromatic rings. The molecule has 0 spiro atoms. The maximum Gasteiger partial charge on any atom is 0.309 e. The summed E-state index contributed by atoms with van der Waals surface area (Å²) in [6.07, 6.45) is 6.32. The second kappa shape index (κ2) is 8.26. The van der Waals surface area contributed by atoms with Crippen LogP contribution in [0.4, 0.5) is 5.82 Å². The highest BCUT2D eigenvalue weighted by Crippen LogP contribution is 2.45. The lowest BCUT2D eigenvalue weighted by atomic mass is 9.71. The number of halogens is 1. The van der Waals surface area contributed by atoms with Gasteiger partial charge in [-0.2, -0.15) is 9.61 Å². The van der Waals surface area contributed by atoms with Crippen molar-refractivity contribution >= 4 is 33.4 Å². The van der Waals surface area contributed by atoms with Crippen LogP contribution in [0.1, 0.15) is 44.2 Å². The Bertz CT molecular complexity index is 1330. The lowest BCUT2D eigenvalue weighted by molar-refractivity contribution is -0.150. The maximum atomic E-state index is 11.6. The van der Waals surface area contributed by atoms with Crippen LogP contribution < -0.4 is 5.73 Å². The Labute approximate surface area is 199 Å². The van der Waals surface area contributed by atoms with Gasteiger partial charge in [-0.25, -0.2) is 4.98 Å². The summed E-state index contributed by atoms with van der Waals surface area (Å²) in [5.41, 5.74) is 11.0. The average Bonchev–Trinajstić information content (AvgIpc) is 3.27. The fourth-order valence-corrected chi connectivity index (χ4v) is 5.14. The third kappa shape index (κ3) is 3.78. The highest BCUT2D eigenvalue weighted by molar-refractivity contribution is 9.10. The molecule has 1 aromatic carbocycles. The van der Waals surface area contributed by atoms with E-state index in [9.17, 15) is 9.90 Å². The van der Waals surface area contributed by atoms with Crippen molar-refractivity contribution in [2.45, 2.75) is 38.5 Å². The van der Waals surface area contributed by atoms with E-state index >= 15 is 0 Å². The molecule has 1 fully saturated rings. The number of nitrogens with zero attached hydrogens (tertiary/aromatic N) is 4. The van der Waals surface area contributed by atoms with Crippen LogP contribution in [-0.2, 0) is 4.79 Å². The maximum absolute atomic E-state index is 11.6. The number of carbonyl (C=O) groups is 1. The Morgan fingerprint density at radius 3 is 2.48 bits per heavy atom. The second-order valence-electron chi connectivity index (χ2n) is 8.93. The Morgan fingerprint density at radius 1 is 1.12 bits per heavy atom. The minimum Gasteiger partial charge on any atom is -0.481 e. The van der Waals surface area contributed by atoms with Crippen LogP contribution in [0.15, 0.2) is 59.3 Å². The van der Waals surface area contributed by atoms with Gasteiger partial charge in [-0.15, -0.1) is 0 Å². The summed E-state index contributed by atoms with van der Waals surface area (Å²) < 4.78 is 2.37. The monoisotopic (exact) mass is 505 g/mol. The first-order valence-electron chi connectivity index (χ1n) is 11.0. The molecule has 0 radical (unpaired) electrons. The molecule has 0 unspecified atom stereocenters. The average molecular weight is 506 g/mol. The number of carboxylic acid groups (broad SMARTS) is 1. The normalized spacial score (nSPS) is 20.7. The Kier molecular flexibility index (Phi) is 5.40. The van der Waals surface area contributed by atoms with Crippen LogP contribution in [0.25, 0.3) is 28.0 Å². The van der Waals surface area contributed by atoms with Gasteiger partial charge in [0.15, 0.2) is 5.65 Å². The number of aliphatic carboxylic acids is 1. The predicted octanol–water partition coefficient (Wildman–Crippen LogP) is 5.55. The molecule has 5 rings (SSSR count). The van der Waals surface area contributed by atoms with E-state index in [0.29, 0.717) is 24.3 Å². The lowest BCUT2D eigenvalue weighted by Gasteiger charge is -2.34. The van der Waals surface area contributed by atoms with Crippen molar-refractivity contribution in [2.75, 3.05) is 5.73 Å². The zero-order chi connectivity index (χ0) is 23.2. The Morgan fingerprint density at radius 2 is 1.85 bits per heavy atom. The lowest BCUT2D eigenvalue weighted by Crippen LogP contribution is -2.32. The van der Waals surface area contributed by atoms with Gasteiger partial charge in [-0.1, -0.05) is 36.4 Å². The first-order chi connectivity index (χ1) is 15.9. The highest BCUT2D eigenvalue weighted by Gasteiger charge is 2.39. The first kappa shape index (κ1) is 21.6. The largest absolute Gasteiger partial charge is 0.481 e. The summed E-state index contributed by atoms with van der Waals surface area (Å²) in [4.78, 5) is 21.2. The Hall–Kier alpha value is -3.26. The summed E-state index contributed by atoms with van der Waals surface area (Å²) in [6, 6.07) is 14.0. The molecule has 1 aliphatic rings. The van der Waals surface area contributed by atoms with Crippen molar-refractivity contribution in [3.63, 3.8) is 0 Å². The van der Waals surface area contributed by atoms with Gasteiger partial charge in [0.2, 0.25) is 0 Å². The van der Waals surface area contributed by atoms with Crippen LogP contribution in [0.2, 0.25) is 0 Å². The third-order valence-electron chi connectivity index (χ3n) is 6.78. The molecule has 8 heteroatoms. The fraction of sp³-hybridized carbons (Fsp3) is 0.280. The molecular weight excluding hydrogens is 482 g/mol. The van der Waals surface area contributed by atoms with E-state index in [1.165, 1.54) is 0 Å². The summed E-state index contributed by atoms with van der Waals surface area (Å²) >= 11 is 3.62. The number of benzene rings is 1. The molecule has 0 atom stereocenters. The molecule has 3 aromatic heterocycles. The number of anilines is 1. The molecule has 0 saturated heterocycles. The zero-order valence-corrected chi connectivity index (χ0v) is 19.8. The Balaban J connectivity index is 1.51. The van der Waals surface area contributed by atoms with E-state index in [4.69, 9.17) is 10.7 Å². The van der Waals surface area contributed by atoms with Crippen LogP contribution >= 0.6 is 15.9 Å². The molecule has 7 nitrogen and oxygen atoms in total. The van der Waals surface area contributed by atoms with Crippen molar-refractivity contribution < 1.29 is 9.90 Å². The molecule has 0 bridgehead atoms. The van der Waals surface area contributed by atoms with Gasteiger partial charge >= 0.3 is 5.97 Å². The molecule has 1 aliphatic carbocycles. The summed E-state index contributed by atoms with van der Waals surface area (Å²) in [5.74, 6) is -0.102. The van der Waals surface area contributed by atoms with Gasteiger partial charge in [-0.3, -0.25) is 9.78 Å². The number of pyridine rings is 1. The molecular formula is C25H24BrN5O2. The van der Waals surface area contributed by atoms with Crippen molar-refractivity contribution in [3.05, 3.63) is 65.0 Å². The number of hydrogen-bond acceptors (Lipinski definition) is 5. The fourth-order valence-electron chi connectivity index (χ4n) is 4.56. The van der Waals surface area contributed by atoms with E-state index in [1.54, 1.807) is 10.7 Å². The number of nitrogen functional groups attached to an aromatic ring is 1. The zero-order valence-electron chi connectivity index (χ0n) is 18.2. The SMILES string of the molecule is CC1(C(=O)O)CCC(c2nc3c(-c4ccc(-c5ccccc5)nc4)cnn3c(N)c2Br)CC1. The number of fused-ring (bicyclic) bond motifs is 1. The van der Waals surface area contributed by atoms with Crippen molar-refractivity contribution in [2.24, 2.45) is 5.41 Å². The highest BCUT2D eigenvalue weighted by atomic mass is 79.9. The summed E-state index contributed by atoms with van der Waals surface area (Å²) in [6.45, 7) is 1.83. The van der Waals surface area contributed by atoms with Crippen LogP contribution in [-0.4, -0.2) is 30.7 Å². The van der Waals surface area contributed by atoms with E-state index < -0.39 is 11.4 Å². The molecule has 1 saturated carbocycles. The number of hydrogen-bond donors (Lipinski definition) is 2. The standard InChI is InChI=1S/C25H24BrN5O2/c1-25(24(32)33)11-9-16(10-12-25)21-20(26)22(27)31-23(30-21)18(14-29-31)17-7-8-19(28-13-17)15-5-3-2-4-6-15/h2-8,13-14,16H,9-12,27H2,1H3,(H,32,33). The summed E-state index contributed by atoms with van der Waals surface area (Å²) in [7, 11) is 0. The molecule has 0 aliphatic heterocycles. The molecule has 3 heterocycles. The van der Waals surface area contributed by atoms with Crippen LogP contribution in [0.3, 0.4) is 0 Å². The van der Waals surface area contributed by atoms with Crippen molar-refractivity contribution in [1.29, 1.82) is 0 Å². The van der Waals surface area contributed by atoms with Gasteiger partial charge < -0.3 is 10.8 Å². The molecule has 168 valence electrons. The van der Waals surface area contributed by atoms with Gasteiger partial charge in [0.05, 0.1) is 27.5 Å². The van der Waals surface area contributed by atoms with Crippen LogP contribution in [0, 0.1) is 5.41 Å². The third-order valence-corrected chi connectivity index (χ3v) is 7.60. The smallest absolute Gasteiger partial charge is 0.309 e.